The Kier molecular flexibility index (Phi) is 6.06. The van der Waals surface area contributed by atoms with Crippen molar-refractivity contribution in [3.8, 4) is 5.69 Å². The van der Waals surface area contributed by atoms with Gasteiger partial charge in [-0.25, -0.2) is 29.1 Å². The number of likely N-dealkylation sites (tertiary alicyclic amines) is 1. The maximum atomic E-state index is 12.3. The Labute approximate surface area is 203 Å². The van der Waals surface area contributed by atoms with Crippen LogP contribution in [-0.2, 0) is 11.3 Å². The highest BCUT2D eigenvalue weighted by Gasteiger charge is 2.27. The number of rotatable bonds is 5. The standard InChI is InChI=1S/C24H29N9O2/c1-24(2,3)35-23(34)31-10-8-17(9-11-31)13-32-22-20(12-28-32)21(26-15-27-22)30-18-4-6-19(7-5-18)33-16-25-14-29-33/h4-7,12,14-17H,8-11,13H2,1-3H3,(H,26,27,30). The van der Waals surface area contributed by atoms with Gasteiger partial charge in [0.25, 0.3) is 0 Å². The van der Waals surface area contributed by atoms with E-state index in [0.29, 0.717) is 24.8 Å². The average molecular weight is 476 g/mol. The lowest BCUT2D eigenvalue weighted by atomic mass is 9.97. The van der Waals surface area contributed by atoms with Crippen LogP contribution >= 0.6 is 0 Å². The van der Waals surface area contributed by atoms with E-state index in [4.69, 9.17) is 4.74 Å². The zero-order valence-electron chi connectivity index (χ0n) is 20.1. The molecule has 0 radical (unpaired) electrons. The van der Waals surface area contributed by atoms with E-state index in [2.05, 4.69) is 30.5 Å². The Morgan fingerprint density at radius 1 is 1.09 bits per heavy atom. The van der Waals surface area contributed by atoms with Crippen LogP contribution in [-0.4, -0.2) is 64.2 Å². The number of carbonyl (C=O) groups is 1. The maximum absolute atomic E-state index is 12.3. The number of hydrogen-bond acceptors (Lipinski definition) is 8. The lowest BCUT2D eigenvalue weighted by Gasteiger charge is -2.33. The van der Waals surface area contributed by atoms with Crippen LogP contribution < -0.4 is 5.32 Å². The van der Waals surface area contributed by atoms with Gasteiger partial charge in [0.1, 0.15) is 30.4 Å². The highest BCUT2D eigenvalue weighted by atomic mass is 16.6. The molecular weight excluding hydrogens is 446 g/mol. The summed E-state index contributed by atoms with van der Waals surface area (Å²) in [7, 11) is 0. The van der Waals surface area contributed by atoms with Crippen molar-refractivity contribution in [3.05, 3.63) is 49.4 Å². The minimum Gasteiger partial charge on any atom is -0.444 e. The number of piperidine rings is 1. The van der Waals surface area contributed by atoms with Gasteiger partial charge in [-0.1, -0.05) is 0 Å². The number of hydrogen-bond donors (Lipinski definition) is 1. The molecule has 4 aromatic rings. The summed E-state index contributed by atoms with van der Waals surface area (Å²) in [6.07, 6.45) is 8.08. The van der Waals surface area contributed by atoms with Crippen molar-refractivity contribution in [1.82, 2.24) is 39.4 Å². The summed E-state index contributed by atoms with van der Waals surface area (Å²) in [5.41, 5.74) is 2.13. The van der Waals surface area contributed by atoms with Crippen LogP contribution in [0.4, 0.5) is 16.3 Å². The van der Waals surface area contributed by atoms with E-state index in [1.54, 1.807) is 28.4 Å². The first-order valence-electron chi connectivity index (χ1n) is 11.7. The molecule has 1 aromatic carbocycles. The highest BCUT2D eigenvalue weighted by Crippen LogP contribution is 2.26. The molecule has 11 heteroatoms. The van der Waals surface area contributed by atoms with Crippen molar-refractivity contribution in [2.24, 2.45) is 5.92 Å². The summed E-state index contributed by atoms with van der Waals surface area (Å²) in [5.74, 6) is 1.11. The Balaban J connectivity index is 1.23. The zero-order chi connectivity index (χ0) is 24.4. The normalized spacial score (nSPS) is 14.9. The molecule has 3 aromatic heterocycles. The van der Waals surface area contributed by atoms with E-state index >= 15 is 0 Å². The number of anilines is 2. The third-order valence-electron chi connectivity index (χ3n) is 5.94. The van der Waals surface area contributed by atoms with Crippen molar-refractivity contribution < 1.29 is 9.53 Å². The first-order chi connectivity index (χ1) is 16.9. The van der Waals surface area contributed by atoms with Crippen LogP contribution in [0.2, 0.25) is 0 Å². The summed E-state index contributed by atoms with van der Waals surface area (Å²) in [6, 6.07) is 7.85. The number of nitrogens with one attached hydrogen (secondary N) is 1. The largest absolute Gasteiger partial charge is 0.444 e. The van der Waals surface area contributed by atoms with Crippen LogP contribution in [0.25, 0.3) is 16.7 Å². The molecule has 1 amide bonds. The predicted molar refractivity (Wildman–Crippen MR) is 130 cm³/mol. The summed E-state index contributed by atoms with van der Waals surface area (Å²) in [4.78, 5) is 27.0. The molecule has 0 saturated carbocycles. The number of benzene rings is 1. The van der Waals surface area contributed by atoms with Gasteiger partial charge in [-0.15, -0.1) is 0 Å². The highest BCUT2D eigenvalue weighted by molar-refractivity contribution is 5.88. The van der Waals surface area contributed by atoms with E-state index < -0.39 is 5.60 Å². The first-order valence-corrected chi connectivity index (χ1v) is 11.7. The van der Waals surface area contributed by atoms with Crippen molar-refractivity contribution in [2.75, 3.05) is 18.4 Å². The molecule has 182 valence electrons. The second-order valence-electron chi connectivity index (χ2n) is 9.71. The van der Waals surface area contributed by atoms with Gasteiger partial charge in [-0.2, -0.15) is 10.2 Å². The fourth-order valence-corrected chi connectivity index (χ4v) is 4.17. The van der Waals surface area contributed by atoms with Crippen LogP contribution in [0.1, 0.15) is 33.6 Å². The van der Waals surface area contributed by atoms with Crippen LogP contribution in [0, 0.1) is 5.92 Å². The quantitative estimate of drug-likeness (QED) is 0.463. The molecule has 1 aliphatic rings. The molecule has 35 heavy (non-hydrogen) atoms. The van der Waals surface area contributed by atoms with Gasteiger partial charge in [0, 0.05) is 25.3 Å². The topological polar surface area (TPSA) is 116 Å². The van der Waals surface area contributed by atoms with Gasteiger partial charge in [0.15, 0.2) is 5.65 Å². The Bertz CT molecular complexity index is 1290. The van der Waals surface area contributed by atoms with Crippen molar-refractivity contribution in [2.45, 2.75) is 45.8 Å². The Hall–Kier alpha value is -4.02. The van der Waals surface area contributed by atoms with Gasteiger partial charge in [-0.05, 0) is 63.8 Å². The van der Waals surface area contributed by atoms with Gasteiger partial charge in [0.05, 0.1) is 17.3 Å². The molecule has 1 saturated heterocycles. The summed E-state index contributed by atoms with van der Waals surface area (Å²) in [6.45, 7) is 7.78. The van der Waals surface area contributed by atoms with E-state index in [1.807, 2.05) is 49.7 Å². The van der Waals surface area contributed by atoms with E-state index in [1.165, 1.54) is 6.33 Å². The van der Waals surface area contributed by atoms with E-state index in [0.717, 1.165) is 41.8 Å². The Morgan fingerprint density at radius 2 is 1.86 bits per heavy atom. The monoisotopic (exact) mass is 475 g/mol. The maximum Gasteiger partial charge on any atom is 0.410 e. The van der Waals surface area contributed by atoms with Crippen LogP contribution in [0.5, 0.6) is 0 Å². The van der Waals surface area contributed by atoms with Crippen molar-refractivity contribution in [1.29, 1.82) is 0 Å². The Morgan fingerprint density at radius 3 is 2.54 bits per heavy atom. The smallest absolute Gasteiger partial charge is 0.410 e. The fourth-order valence-electron chi connectivity index (χ4n) is 4.17. The molecule has 1 N–H and O–H groups in total. The number of aromatic nitrogens is 7. The molecule has 0 atom stereocenters. The van der Waals surface area contributed by atoms with Gasteiger partial charge in [-0.3, -0.25) is 0 Å². The van der Waals surface area contributed by atoms with E-state index in [9.17, 15) is 4.79 Å². The lowest BCUT2D eigenvalue weighted by Crippen LogP contribution is -2.42. The molecule has 5 rings (SSSR count). The van der Waals surface area contributed by atoms with Gasteiger partial charge < -0.3 is 15.0 Å². The van der Waals surface area contributed by atoms with Crippen molar-refractivity contribution in [3.63, 3.8) is 0 Å². The lowest BCUT2D eigenvalue weighted by molar-refractivity contribution is 0.0177. The fraction of sp³-hybridized carbons (Fsp3) is 0.417. The minimum absolute atomic E-state index is 0.238. The molecule has 4 heterocycles. The minimum atomic E-state index is -0.480. The summed E-state index contributed by atoms with van der Waals surface area (Å²) in [5, 5.41) is 13.0. The van der Waals surface area contributed by atoms with Gasteiger partial charge >= 0.3 is 6.09 Å². The molecule has 0 unspecified atom stereocenters. The average Bonchev–Trinajstić information content (AvgIpc) is 3.50. The van der Waals surface area contributed by atoms with E-state index in [-0.39, 0.29) is 6.09 Å². The third kappa shape index (κ3) is 5.23. The summed E-state index contributed by atoms with van der Waals surface area (Å²) >= 11 is 0. The van der Waals surface area contributed by atoms with Crippen LogP contribution in [0.15, 0.2) is 49.4 Å². The number of fused-ring (bicyclic) bond motifs is 1. The SMILES string of the molecule is CC(C)(C)OC(=O)N1CCC(Cn2ncc3c(Nc4ccc(-n5cncn5)cc4)ncnc32)CC1. The molecule has 11 nitrogen and oxygen atoms in total. The van der Waals surface area contributed by atoms with Gasteiger partial charge in [0.2, 0.25) is 0 Å². The predicted octanol–water partition coefficient (Wildman–Crippen LogP) is 3.80. The first kappa shape index (κ1) is 22.8. The second kappa shape index (κ2) is 9.32. The number of nitrogens with zero attached hydrogens (tertiary/aromatic N) is 8. The third-order valence-corrected chi connectivity index (χ3v) is 5.94. The number of amides is 1. The number of ether oxygens (including phenoxy) is 1. The molecule has 0 aliphatic carbocycles. The molecule has 1 fully saturated rings. The molecule has 0 bridgehead atoms. The molecule has 0 spiro atoms. The zero-order valence-corrected chi connectivity index (χ0v) is 20.1. The van der Waals surface area contributed by atoms with Crippen LogP contribution in [0.3, 0.4) is 0 Å². The van der Waals surface area contributed by atoms with Crippen molar-refractivity contribution >= 4 is 28.6 Å². The molecular formula is C24H29N9O2. The number of carbonyl (C=O) groups excluding carboxylic acids is 1. The second-order valence-corrected chi connectivity index (χ2v) is 9.71. The summed E-state index contributed by atoms with van der Waals surface area (Å²) < 4.78 is 9.14. The molecule has 1 aliphatic heterocycles.